The summed E-state index contributed by atoms with van der Waals surface area (Å²) in [5.41, 5.74) is 1.96. The van der Waals surface area contributed by atoms with E-state index in [2.05, 4.69) is 10.0 Å². The molecule has 1 aliphatic heterocycles. The fraction of sp³-hybridized carbons (Fsp3) is 0.350. The lowest BCUT2D eigenvalue weighted by atomic mass is 9.99. The minimum absolute atomic E-state index is 0.0479. The van der Waals surface area contributed by atoms with Crippen molar-refractivity contribution >= 4 is 15.9 Å². The zero-order valence-corrected chi connectivity index (χ0v) is 16.7. The van der Waals surface area contributed by atoms with Crippen molar-refractivity contribution in [2.75, 3.05) is 26.9 Å². The van der Waals surface area contributed by atoms with Crippen molar-refractivity contribution in [2.45, 2.75) is 24.3 Å². The molecule has 1 atom stereocenters. The fourth-order valence-corrected chi connectivity index (χ4v) is 4.14. The van der Waals surface area contributed by atoms with Crippen molar-refractivity contribution in [3.8, 4) is 5.75 Å². The molecule has 2 N–H and O–H groups in total. The van der Waals surface area contributed by atoms with Crippen LogP contribution in [0.15, 0.2) is 47.4 Å². The molecule has 0 unspecified atom stereocenters. The van der Waals surface area contributed by atoms with E-state index in [1.807, 2.05) is 24.3 Å². The lowest BCUT2D eigenvalue weighted by Gasteiger charge is -2.27. The van der Waals surface area contributed by atoms with Gasteiger partial charge in [0.1, 0.15) is 5.75 Å². The van der Waals surface area contributed by atoms with Gasteiger partial charge in [0.05, 0.1) is 24.2 Å². The van der Waals surface area contributed by atoms with E-state index in [1.165, 1.54) is 19.2 Å². The molecular formula is C20H24N2O5S. The van der Waals surface area contributed by atoms with Crippen molar-refractivity contribution in [3.05, 3.63) is 59.2 Å². The lowest BCUT2D eigenvalue weighted by molar-refractivity contribution is 0.0924. The first-order chi connectivity index (χ1) is 13.4. The highest BCUT2D eigenvalue weighted by Gasteiger charge is 2.24. The quantitative estimate of drug-likeness (QED) is 0.690. The van der Waals surface area contributed by atoms with Crippen molar-refractivity contribution < 1.29 is 22.7 Å². The maximum atomic E-state index is 12.9. The lowest BCUT2D eigenvalue weighted by Crippen LogP contribution is -2.33. The number of nitrogens with one attached hydrogen (secondary N) is 2. The van der Waals surface area contributed by atoms with Gasteiger partial charge in [0, 0.05) is 31.2 Å². The van der Waals surface area contributed by atoms with Crippen LogP contribution in [0.25, 0.3) is 0 Å². The number of aryl methyl sites for hydroxylation is 1. The Morgan fingerprint density at radius 2 is 2.04 bits per heavy atom. The highest BCUT2D eigenvalue weighted by Crippen LogP contribution is 2.31. The van der Waals surface area contributed by atoms with Crippen LogP contribution >= 0.6 is 0 Å². The summed E-state index contributed by atoms with van der Waals surface area (Å²) >= 11 is 0. The third kappa shape index (κ3) is 4.52. The molecule has 3 rings (SSSR count). The van der Waals surface area contributed by atoms with Gasteiger partial charge < -0.3 is 14.8 Å². The normalized spacial score (nSPS) is 16.1. The Labute approximate surface area is 165 Å². The minimum Gasteiger partial charge on any atom is -0.493 e. The molecule has 150 valence electrons. The second-order valence-electron chi connectivity index (χ2n) is 6.57. The predicted molar refractivity (Wildman–Crippen MR) is 105 cm³/mol. The van der Waals surface area contributed by atoms with Crippen LogP contribution in [0.3, 0.4) is 0 Å². The van der Waals surface area contributed by atoms with E-state index in [0.717, 1.165) is 11.3 Å². The second kappa shape index (κ2) is 8.72. The second-order valence-corrected chi connectivity index (χ2v) is 8.34. The number of para-hydroxylation sites is 1. The van der Waals surface area contributed by atoms with Crippen LogP contribution in [-0.4, -0.2) is 41.2 Å². The fourth-order valence-electron chi connectivity index (χ4n) is 3.10. The molecule has 0 aromatic heterocycles. The van der Waals surface area contributed by atoms with Crippen LogP contribution in [-0.2, 0) is 14.8 Å². The van der Waals surface area contributed by atoms with Gasteiger partial charge in [-0.3, -0.25) is 4.79 Å². The molecule has 0 saturated carbocycles. The average Bonchev–Trinajstić information content (AvgIpc) is 2.68. The topological polar surface area (TPSA) is 93.7 Å². The molecule has 1 heterocycles. The van der Waals surface area contributed by atoms with E-state index in [9.17, 15) is 13.2 Å². The molecule has 0 radical (unpaired) electrons. The third-order valence-corrected chi connectivity index (χ3v) is 6.08. The molecule has 2 aromatic carbocycles. The summed E-state index contributed by atoms with van der Waals surface area (Å²) in [6.07, 6.45) is 0.651. The Balaban J connectivity index is 1.81. The Bertz CT molecular complexity index is 959. The number of methoxy groups -OCH3 is 1. The highest BCUT2D eigenvalue weighted by molar-refractivity contribution is 7.89. The number of sulfonamides is 1. The van der Waals surface area contributed by atoms with Crippen LogP contribution < -0.4 is 14.8 Å². The van der Waals surface area contributed by atoms with Gasteiger partial charge in [-0.1, -0.05) is 24.3 Å². The molecule has 0 aliphatic carbocycles. The number of carbonyl (C=O) groups excluding carboxylic acids is 1. The maximum absolute atomic E-state index is 12.9. The number of benzene rings is 2. The van der Waals surface area contributed by atoms with Crippen LogP contribution in [0, 0.1) is 6.92 Å². The van der Waals surface area contributed by atoms with Crippen molar-refractivity contribution in [2.24, 2.45) is 0 Å². The SMILES string of the molecule is COCCNS(=O)(=O)c1ccc(C)c(C(=O)N[C@@H]2CCOc3ccccc32)c1. The molecular weight excluding hydrogens is 380 g/mol. The van der Waals surface area contributed by atoms with E-state index in [1.54, 1.807) is 13.0 Å². The van der Waals surface area contributed by atoms with E-state index in [-0.39, 0.29) is 30.0 Å². The zero-order valence-electron chi connectivity index (χ0n) is 15.9. The summed E-state index contributed by atoms with van der Waals surface area (Å²) in [5, 5.41) is 3.01. The monoisotopic (exact) mass is 404 g/mol. The minimum atomic E-state index is -3.72. The number of carbonyl (C=O) groups is 1. The molecule has 8 heteroatoms. The van der Waals surface area contributed by atoms with Crippen molar-refractivity contribution in [3.63, 3.8) is 0 Å². The molecule has 0 saturated heterocycles. The van der Waals surface area contributed by atoms with Gasteiger partial charge >= 0.3 is 0 Å². The first kappa shape index (κ1) is 20.3. The zero-order chi connectivity index (χ0) is 20.1. The summed E-state index contributed by atoms with van der Waals surface area (Å²) in [4.78, 5) is 12.9. The largest absolute Gasteiger partial charge is 0.493 e. The maximum Gasteiger partial charge on any atom is 0.252 e. The van der Waals surface area contributed by atoms with Crippen molar-refractivity contribution in [1.82, 2.24) is 10.0 Å². The van der Waals surface area contributed by atoms with Gasteiger partial charge in [-0.15, -0.1) is 0 Å². The molecule has 1 aliphatic rings. The predicted octanol–water partition coefficient (Wildman–Crippen LogP) is 2.17. The number of rotatable bonds is 7. The first-order valence-corrected chi connectivity index (χ1v) is 10.5. The number of amides is 1. The molecule has 28 heavy (non-hydrogen) atoms. The molecule has 2 aromatic rings. The molecule has 1 amide bonds. The van der Waals surface area contributed by atoms with E-state index in [0.29, 0.717) is 24.2 Å². The summed E-state index contributed by atoms with van der Waals surface area (Å²) < 4.78 is 37.8. The highest BCUT2D eigenvalue weighted by atomic mass is 32.2. The van der Waals surface area contributed by atoms with Crippen LogP contribution in [0.4, 0.5) is 0 Å². The van der Waals surface area contributed by atoms with Crippen LogP contribution in [0.1, 0.15) is 33.9 Å². The van der Waals surface area contributed by atoms with Gasteiger partial charge in [-0.25, -0.2) is 13.1 Å². The Morgan fingerprint density at radius 1 is 1.25 bits per heavy atom. The van der Waals surface area contributed by atoms with Crippen molar-refractivity contribution in [1.29, 1.82) is 0 Å². The molecule has 7 nitrogen and oxygen atoms in total. The number of fused-ring (bicyclic) bond motifs is 1. The van der Waals surface area contributed by atoms with E-state index >= 15 is 0 Å². The van der Waals surface area contributed by atoms with Crippen LogP contribution in [0.2, 0.25) is 0 Å². The van der Waals surface area contributed by atoms with Gasteiger partial charge in [0.2, 0.25) is 10.0 Å². The van der Waals surface area contributed by atoms with E-state index in [4.69, 9.17) is 9.47 Å². The molecule has 0 bridgehead atoms. The summed E-state index contributed by atoms with van der Waals surface area (Å²) in [6, 6.07) is 11.9. The third-order valence-electron chi connectivity index (χ3n) is 4.63. The Morgan fingerprint density at radius 3 is 2.82 bits per heavy atom. The number of ether oxygens (including phenoxy) is 2. The van der Waals surface area contributed by atoms with Gasteiger partial charge in [0.25, 0.3) is 5.91 Å². The Kier molecular flexibility index (Phi) is 6.33. The van der Waals surface area contributed by atoms with Gasteiger partial charge in [0.15, 0.2) is 0 Å². The van der Waals surface area contributed by atoms with Crippen LogP contribution in [0.5, 0.6) is 5.75 Å². The average molecular weight is 404 g/mol. The molecule has 0 spiro atoms. The molecule has 0 fully saturated rings. The number of hydrogen-bond acceptors (Lipinski definition) is 5. The number of hydrogen-bond donors (Lipinski definition) is 2. The Hall–Kier alpha value is -2.42. The standard InChI is InChI=1S/C20H24N2O5S/c1-14-7-8-15(28(24,25)21-10-12-26-2)13-17(14)20(23)22-18-9-11-27-19-6-4-3-5-16(18)19/h3-8,13,18,21H,9-12H2,1-2H3,(H,22,23)/t18-/m1/s1. The van der Waals surface area contributed by atoms with Gasteiger partial charge in [-0.2, -0.15) is 0 Å². The van der Waals surface area contributed by atoms with E-state index < -0.39 is 10.0 Å². The smallest absolute Gasteiger partial charge is 0.252 e. The van der Waals surface area contributed by atoms with Gasteiger partial charge in [-0.05, 0) is 30.7 Å². The first-order valence-electron chi connectivity index (χ1n) is 9.04. The summed E-state index contributed by atoms with van der Waals surface area (Å²) in [7, 11) is -2.22. The summed E-state index contributed by atoms with van der Waals surface area (Å²) in [5.74, 6) is 0.447. The summed E-state index contributed by atoms with van der Waals surface area (Å²) in [6.45, 7) is 2.72.